The lowest BCUT2D eigenvalue weighted by Gasteiger charge is -2.32. The van der Waals surface area contributed by atoms with Crippen molar-refractivity contribution in [3.63, 3.8) is 0 Å². The van der Waals surface area contributed by atoms with Crippen molar-refractivity contribution in [2.45, 2.75) is 58.0 Å². The minimum Gasteiger partial charge on any atom is -0.486 e. The quantitative estimate of drug-likeness (QED) is 0.251. The Labute approximate surface area is 231 Å². The van der Waals surface area contributed by atoms with Gasteiger partial charge in [-0.15, -0.1) is 0 Å². The van der Waals surface area contributed by atoms with Gasteiger partial charge in [0.15, 0.2) is 0 Å². The number of carbonyl (C=O) groups is 1. The molecule has 6 heteroatoms. The second-order valence-electron chi connectivity index (χ2n) is 10.5. The van der Waals surface area contributed by atoms with E-state index in [9.17, 15) is 9.18 Å². The Kier molecular flexibility index (Phi) is 10.2. The Balaban J connectivity index is 1.24. The molecule has 1 aliphatic heterocycles. The molecular weight excluding hydrogens is 499 g/mol. The molecule has 1 N–H and O–H groups in total. The van der Waals surface area contributed by atoms with E-state index in [4.69, 9.17) is 16.3 Å². The Morgan fingerprint density at radius 1 is 1.03 bits per heavy atom. The first-order chi connectivity index (χ1) is 18.4. The van der Waals surface area contributed by atoms with E-state index < -0.39 is 0 Å². The van der Waals surface area contributed by atoms with Crippen molar-refractivity contribution in [1.29, 1.82) is 0 Å². The molecule has 1 fully saturated rings. The van der Waals surface area contributed by atoms with E-state index in [0.29, 0.717) is 10.9 Å². The average Bonchev–Trinajstić information content (AvgIpc) is 2.92. The van der Waals surface area contributed by atoms with Crippen molar-refractivity contribution in [2.24, 2.45) is 5.92 Å². The number of unbranched alkanes of at least 4 members (excludes halogenated alkanes) is 1. The maximum absolute atomic E-state index is 13.5. The van der Waals surface area contributed by atoms with Crippen LogP contribution < -0.4 is 10.1 Å². The summed E-state index contributed by atoms with van der Waals surface area (Å²) in [6.45, 7) is 7.04. The molecule has 0 spiro atoms. The van der Waals surface area contributed by atoms with Crippen LogP contribution >= 0.6 is 11.6 Å². The van der Waals surface area contributed by atoms with Gasteiger partial charge in [0.25, 0.3) is 0 Å². The standard InChI is InChI=1S/C32H38ClFN2O2/c1-23(2)32(37)35-29-7-5-6-26(22-29)24-17-20-36(21-18-24)19-4-3-8-31(25-9-13-28(34)14-10-25)38-30-15-11-27(33)12-16-30/h5-7,9-16,22-24,31H,3-4,8,17-21H2,1-2H3,(H,35,37). The fourth-order valence-corrected chi connectivity index (χ4v) is 5.09. The second-order valence-corrected chi connectivity index (χ2v) is 10.9. The number of rotatable bonds is 11. The molecule has 1 aliphatic rings. The van der Waals surface area contributed by atoms with Crippen LogP contribution in [0.3, 0.4) is 0 Å². The number of amides is 1. The Bertz CT molecular complexity index is 1160. The molecule has 3 aromatic carbocycles. The van der Waals surface area contributed by atoms with Crippen LogP contribution in [-0.4, -0.2) is 30.4 Å². The summed E-state index contributed by atoms with van der Waals surface area (Å²) >= 11 is 6.02. The minimum atomic E-state index is -0.241. The lowest BCUT2D eigenvalue weighted by atomic mass is 9.89. The highest BCUT2D eigenvalue weighted by atomic mass is 35.5. The van der Waals surface area contributed by atoms with Gasteiger partial charge < -0.3 is 15.0 Å². The number of hydrogen-bond donors (Lipinski definition) is 1. The molecule has 0 radical (unpaired) electrons. The summed E-state index contributed by atoms with van der Waals surface area (Å²) in [6, 6.07) is 22.3. The molecule has 1 saturated heterocycles. The molecule has 1 amide bonds. The summed E-state index contributed by atoms with van der Waals surface area (Å²) < 4.78 is 19.8. The maximum atomic E-state index is 13.5. The zero-order valence-corrected chi connectivity index (χ0v) is 23.1. The van der Waals surface area contributed by atoms with Crippen LogP contribution in [0.25, 0.3) is 0 Å². The summed E-state index contributed by atoms with van der Waals surface area (Å²) in [6.07, 6.45) is 5.08. The molecule has 0 aliphatic carbocycles. The van der Waals surface area contributed by atoms with Crippen LogP contribution in [0.2, 0.25) is 5.02 Å². The van der Waals surface area contributed by atoms with E-state index in [1.165, 1.54) is 17.7 Å². The molecule has 4 rings (SSSR count). The normalized spacial score (nSPS) is 15.4. The predicted octanol–water partition coefficient (Wildman–Crippen LogP) is 8.24. The number of anilines is 1. The third kappa shape index (κ3) is 8.31. The van der Waals surface area contributed by atoms with E-state index >= 15 is 0 Å². The summed E-state index contributed by atoms with van der Waals surface area (Å²) in [5.74, 6) is 1.07. The van der Waals surface area contributed by atoms with Crippen molar-refractivity contribution in [3.05, 3.63) is 94.8 Å². The molecule has 0 bridgehead atoms. The Morgan fingerprint density at radius 2 is 1.74 bits per heavy atom. The highest BCUT2D eigenvalue weighted by Crippen LogP contribution is 2.31. The van der Waals surface area contributed by atoms with E-state index in [-0.39, 0.29) is 23.7 Å². The lowest BCUT2D eigenvalue weighted by Crippen LogP contribution is -2.33. The number of piperidine rings is 1. The number of likely N-dealkylation sites (tertiary alicyclic amines) is 1. The maximum Gasteiger partial charge on any atom is 0.226 e. The number of nitrogens with one attached hydrogen (secondary N) is 1. The predicted molar refractivity (Wildman–Crippen MR) is 153 cm³/mol. The van der Waals surface area contributed by atoms with Crippen LogP contribution in [0, 0.1) is 11.7 Å². The van der Waals surface area contributed by atoms with Crippen molar-refractivity contribution in [2.75, 3.05) is 25.0 Å². The van der Waals surface area contributed by atoms with Gasteiger partial charge in [-0.3, -0.25) is 4.79 Å². The van der Waals surface area contributed by atoms with E-state index in [0.717, 1.165) is 68.7 Å². The van der Waals surface area contributed by atoms with Gasteiger partial charge in [-0.2, -0.15) is 0 Å². The van der Waals surface area contributed by atoms with Crippen molar-refractivity contribution in [1.82, 2.24) is 4.90 Å². The van der Waals surface area contributed by atoms with Crippen LogP contribution in [0.15, 0.2) is 72.8 Å². The van der Waals surface area contributed by atoms with Gasteiger partial charge in [0.2, 0.25) is 5.91 Å². The van der Waals surface area contributed by atoms with Gasteiger partial charge in [0, 0.05) is 16.6 Å². The minimum absolute atomic E-state index is 0.0307. The van der Waals surface area contributed by atoms with Gasteiger partial charge in [-0.25, -0.2) is 4.39 Å². The summed E-state index contributed by atoms with van der Waals surface area (Å²) in [5.41, 5.74) is 3.18. The highest BCUT2D eigenvalue weighted by molar-refractivity contribution is 6.30. The lowest BCUT2D eigenvalue weighted by molar-refractivity contribution is -0.118. The zero-order chi connectivity index (χ0) is 26.9. The van der Waals surface area contributed by atoms with Crippen LogP contribution in [-0.2, 0) is 4.79 Å². The number of halogens is 2. The van der Waals surface area contributed by atoms with E-state index in [1.807, 2.05) is 62.4 Å². The van der Waals surface area contributed by atoms with Crippen LogP contribution in [0.1, 0.15) is 69.1 Å². The number of carbonyl (C=O) groups excluding carboxylic acids is 1. The van der Waals surface area contributed by atoms with Gasteiger partial charge in [0.05, 0.1) is 0 Å². The molecular formula is C32H38ClFN2O2. The third-order valence-corrected chi connectivity index (χ3v) is 7.51. The molecule has 0 saturated carbocycles. The number of nitrogens with zero attached hydrogens (tertiary/aromatic N) is 1. The van der Waals surface area contributed by atoms with E-state index in [1.54, 1.807) is 0 Å². The van der Waals surface area contributed by atoms with Gasteiger partial charge >= 0.3 is 0 Å². The first kappa shape index (κ1) is 28.1. The molecule has 1 unspecified atom stereocenters. The third-order valence-electron chi connectivity index (χ3n) is 7.26. The second kappa shape index (κ2) is 13.8. The topological polar surface area (TPSA) is 41.6 Å². The molecule has 38 heavy (non-hydrogen) atoms. The van der Waals surface area contributed by atoms with Gasteiger partial charge in [0.1, 0.15) is 17.7 Å². The highest BCUT2D eigenvalue weighted by Gasteiger charge is 2.21. The first-order valence-corrected chi connectivity index (χ1v) is 14.1. The largest absolute Gasteiger partial charge is 0.486 e. The first-order valence-electron chi connectivity index (χ1n) is 13.7. The fourth-order valence-electron chi connectivity index (χ4n) is 4.96. The summed E-state index contributed by atoms with van der Waals surface area (Å²) in [7, 11) is 0. The smallest absolute Gasteiger partial charge is 0.226 e. The van der Waals surface area contributed by atoms with E-state index in [2.05, 4.69) is 22.3 Å². The molecule has 0 aromatic heterocycles. The van der Waals surface area contributed by atoms with Crippen molar-refractivity contribution < 1.29 is 13.9 Å². The van der Waals surface area contributed by atoms with Gasteiger partial charge in [-0.05, 0) is 117 Å². The molecule has 1 heterocycles. The van der Waals surface area contributed by atoms with Gasteiger partial charge in [-0.1, -0.05) is 49.7 Å². The van der Waals surface area contributed by atoms with Crippen molar-refractivity contribution >= 4 is 23.2 Å². The molecule has 1 atom stereocenters. The van der Waals surface area contributed by atoms with Crippen molar-refractivity contribution in [3.8, 4) is 5.75 Å². The monoisotopic (exact) mass is 536 g/mol. The number of hydrogen-bond acceptors (Lipinski definition) is 3. The molecule has 4 nitrogen and oxygen atoms in total. The number of benzene rings is 3. The molecule has 3 aromatic rings. The number of ether oxygens (including phenoxy) is 1. The summed E-state index contributed by atoms with van der Waals surface area (Å²) in [5, 5.41) is 3.69. The average molecular weight is 537 g/mol. The summed E-state index contributed by atoms with van der Waals surface area (Å²) in [4.78, 5) is 14.6. The fraction of sp³-hybridized carbons (Fsp3) is 0.406. The van der Waals surface area contributed by atoms with Crippen LogP contribution in [0.4, 0.5) is 10.1 Å². The van der Waals surface area contributed by atoms with Crippen LogP contribution in [0.5, 0.6) is 5.75 Å². The molecule has 202 valence electrons. The zero-order valence-electron chi connectivity index (χ0n) is 22.3. The SMILES string of the molecule is CC(C)C(=O)Nc1cccc(C2CCN(CCCCC(Oc3ccc(Cl)cc3)c3ccc(F)cc3)CC2)c1. The Morgan fingerprint density at radius 3 is 2.42 bits per heavy atom. The Hall–Kier alpha value is -2.89.